The van der Waals surface area contributed by atoms with Crippen molar-refractivity contribution in [3.05, 3.63) is 114 Å². The number of ether oxygens (including phenoxy) is 3. The molecule has 1 aliphatic rings. The molecule has 1 saturated heterocycles. The van der Waals surface area contributed by atoms with Gasteiger partial charge in [0.05, 0.1) is 24.4 Å². The van der Waals surface area contributed by atoms with Crippen LogP contribution in [0.3, 0.4) is 0 Å². The lowest BCUT2D eigenvalue weighted by atomic mass is 9.88. The van der Waals surface area contributed by atoms with Gasteiger partial charge in [-0.2, -0.15) is 10.1 Å². The summed E-state index contributed by atoms with van der Waals surface area (Å²) in [6.45, 7) is 15.6. The van der Waals surface area contributed by atoms with E-state index in [1.54, 1.807) is 6.33 Å². The summed E-state index contributed by atoms with van der Waals surface area (Å²) >= 11 is 0. The molecule has 6 aromatic rings. The van der Waals surface area contributed by atoms with E-state index in [9.17, 15) is 4.79 Å². The van der Waals surface area contributed by atoms with Crippen LogP contribution in [0.1, 0.15) is 95.8 Å². The van der Waals surface area contributed by atoms with E-state index < -0.39 is 11.7 Å². The molecule has 0 saturated carbocycles. The van der Waals surface area contributed by atoms with Gasteiger partial charge in [0.1, 0.15) is 11.9 Å². The van der Waals surface area contributed by atoms with Crippen LogP contribution in [0, 0.1) is 6.92 Å². The number of hydrogen-bond acceptors (Lipinski definition) is 8. The molecule has 0 atom stereocenters. The van der Waals surface area contributed by atoms with E-state index in [4.69, 9.17) is 19.2 Å². The highest BCUT2D eigenvalue weighted by Crippen LogP contribution is 2.36. The molecule has 1 fully saturated rings. The van der Waals surface area contributed by atoms with Crippen molar-refractivity contribution in [3.63, 3.8) is 0 Å². The Labute approximate surface area is 349 Å². The molecule has 3 aromatic carbocycles. The first-order valence-electron chi connectivity index (χ1n) is 21.2. The number of carbonyl (C=O) groups excluding carboxylic acids is 1. The van der Waals surface area contributed by atoms with E-state index in [2.05, 4.69) is 107 Å². The van der Waals surface area contributed by atoms with Gasteiger partial charge in [0, 0.05) is 54.3 Å². The molecule has 10 nitrogen and oxygen atoms in total. The predicted molar refractivity (Wildman–Crippen MR) is 236 cm³/mol. The summed E-state index contributed by atoms with van der Waals surface area (Å²) in [6, 6.07) is 30.3. The Morgan fingerprint density at radius 2 is 1.51 bits per heavy atom. The molecule has 59 heavy (non-hydrogen) atoms. The van der Waals surface area contributed by atoms with Crippen LogP contribution in [0.4, 0.5) is 10.5 Å². The molecule has 0 radical (unpaired) electrons. The van der Waals surface area contributed by atoms with Crippen molar-refractivity contribution >= 4 is 17.3 Å². The molecule has 10 heteroatoms. The Morgan fingerprint density at radius 3 is 2.20 bits per heavy atom. The minimum absolute atomic E-state index is 0.387. The summed E-state index contributed by atoms with van der Waals surface area (Å²) < 4.78 is 19.3. The lowest BCUT2D eigenvalue weighted by Gasteiger charge is -2.34. The lowest BCUT2D eigenvalue weighted by molar-refractivity contribution is 0.0523. The van der Waals surface area contributed by atoms with Crippen molar-refractivity contribution in [2.45, 2.75) is 98.1 Å². The standard InChI is InChI=1S/C49H58N6O4/c1-7-9-27-57-45-22-21-43(47(53-45)58-28-10-8-2)38-13-11-35(12-14-38)37-23-25-54(26-24-37)42-19-17-36(18-20-42)41-30-44-46(51-33-52-55(44)32-41)39-15-16-40(34(3)29-39)31-50-48(56)59-49(4,5)6/h11-22,29-30,32-33,37H,7-10,23-28,31H2,1-6H3,(H,50,56). The second kappa shape index (κ2) is 18.8. The number of anilines is 1. The molecular formula is C49H58N6O4. The second-order valence-electron chi connectivity index (χ2n) is 16.5. The average molecular weight is 795 g/mol. The van der Waals surface area contributed by atoms with Crippen LogP contribution in [0.5, 0.6) is 11.8 Å². The monoisotopic (exact) mass is 794 g/mol. The topological polar surface area (TPSA) is 103 Å². The molecule has 0 bridgehead atoms. The van der Waals surface area contributed by atoms with Crippen LogP contribution in [0.25, 0.3) is 39.0 Å². The summed E-state index contributed by atoms with van der Waals surface area (Å²) in [4.78, 5) is 24.1. The molecule has 1 N–H and O–H groups in total. The van der Waals surface area contributed by atoms with Gasteiger partial charge in [-0.25, -0.2) is 14.3 Å². The highest BCUT2D eigenvalue weighted by atomic mass is 16.6. The fourth-order valence-corrected chi connectivity index (χ4v) is 7.57. The van der Waals surface area contributed by atoms with Gasteiger partial charge < -0.3 is 24.4 Å². The third-order valence-corrected chi connectivity index (χ3v) is 10.9. The van der Waals surface area contributed by atoms with Crippen molar-refractivity contribution < 1.29 is 19.0 Å². The quantitative estimate of drug-likeness (QED) is 0.103. The first-order chi connectivity index (χ1) is 28.6. The average Bonchev–Trinajstić information content (AvgIpc) is 3.68. The number of nitrogens with zero attached hydrogens (tertiary/aromatic N) is 5. The maximum absolute atomic E-state index is 12.2. The maximum Gasteiger partial charge on any atom is 0.407 e. The maximum atomic E-state index is 12.2. The van der Waals surface area contributed by atoms with Crippen molar-refractivity contribution in [3.8, 4) is 45.3 Å². The number of nitrogens with one attached hydrogen (secondary N) is 1. The number of piperidine rings is 1. The molecule has 0 aliphatic carbocycles. The van der Waals surface area contributed by atoms with E-state index in [-0.39, 0.29) is 0 Å². The Hall–Kier alpha value is -5.90. The predicted octanol–water partition coefficient (Wildman–Crippen LogP) is 11.2. The van der Waals surface area contributed by atoms with Gasteiger partial charge in [-0.15, -0.1) is 0 Å². The first-order valence-corrected chi connectivity index (χ1v) is 21.2. The third kappa shape index (κ3) is 10.4. The fraction of sp³-hybridized carbons (Fsp3) is 0.388. The van der Waals surface area contributed by atoms with Gasteiger partial charge in [0.2, 0.25) is 11.8 Å². The number of pyridine rings is 1. The smallest absolute Gasteiger partial charge is 0.407 e. The summed E-state index contributed by atoms with van der Waals surface area (Å²) in [5.74, 6) is 1.79. The van der Waals surface area contributed by atoms with Gasteiger partial charge in [0.15, 0.2) is 0 Å². The minimum atomic E-state index is -0.542. The van der Waals surface area contributed by atoms with Crippen LogP contribution < -0.4 is 19.7 Å². The number of fused-ring (bicyclic) bond motifs is 1. The van der Waals surface area contributed by atoms with Crippen molar-refractivity contribution in [1.29, 1.82) is 0 Å². The SMILES string of the molecule is CCCCOc1ccc(-c2ccc(C3CCN(c4ccc(-c5cc6c(-c7ccc(CNC(=O)OC(C)(C)C)c(C)c7)ncnn6c5)cc4)CC3)cc2)c(OCCCC)n1. The van der Waals surface area contributed by atoms with Crippen LogP contribution in [-0.2, 0) is 11.3 Å². The van der Waals surface area contributed by atoms with Crippen molar-refractivity contribution in [2.75, 3.05) is 31.2 Å². The Balaban J connectivity index is 0.972. The summed E-state index contributed by atoms with van der Waals surface area (Å²) in [5.41, 5.74) is 11.3. The van der Waals surface area contributed by atoms with E-state index in [0.717, 1.165) is 102 Å². The molecule has 1 amide bonds. The highest BCUT2D eigenvalue weighted by Gasteiger charge is 2.22. The Morgan fingerprint density at radius 1 is 0.814 bits per heavy atom. The number of benzene rings is 3. The molecule has 7 rings (SSSR count). The van der Waals surface area contributed by atoms with Crippen molar-refractivity contribution in [1.82, 2.24) is 24.9 Å². The van der Waals surface area contributed by atoms with Gasteiger partial charge >= 0.3 is 6.09 Å². The van der Waals surface area contributed by atoms with Gasteiger partial charge in [-0.1, -0.05) is 75.2 Å². The second-order valence-corrected chi connectivity index (χ2v) is 16.5. The third-order valence-electron chi connectivity index (χ3n) is 10.9. The van der Waals surface area contributed by atoms with Gasteiger partial charge in [0.25, 0.3) is 0 Å². The number of rotatable bonds is 15. The molecule has 1 aliphatic heterocycles. The zero-order valence-electron chi connectivity index (χ0n) is 35.5. The fourth-order valence-electron chi connectivity index (χ4n) is 7.57. The number of aromatic nitrogens is 4. The molecule has 0 unspecified atom stereocenters. The summed E-state index contributed by atoms with van der Waals surface area (Å²) in [7, 11) is 0. The van der Waals surface area contributed by atoms with Crippen LogP contribution >= 0.6 is 0 Å². The lowest BCUT2D eigenvalue weighted by Crippen LogP contribution is -2.32. The Kier molecular flexibility index (Phi) is 13.1. The number of hydrogen-bond donors (Lipinski definition) is 1. The molecule has 0 spiro atoms. The van der Waals surface area contributed by atoms with Gasteiger partial charge in [-0.05, 0) is 117 Å². The molecule has 3 aromatic heterocycles. The van der Waals surface area contributed by atoms with Crippen LogP contribution in [-0.4, -0.2) is 57.6 Å². The summed E-state index contributed by atoms with van der Waals surface area (Å²) in [5, 5.41) is 7.39. The van der Waals surface area contributed by atoms with E-state index >= 15 is 0 Å². The molecule has 4 heterocycles. The summed E-state index contributed by atoms with van der Waals surface area (Å²) in [6.07, 6.45) is 9.59. The number of alkyl carbamates (subject to hydrolysis) is 1. The van der Waals surface area contributed by atoms with Crippen LogP contribution in [0.2, 0.25) is 0 Å². The highest BCUT2D eigenvalue weighted by molar-refractivity contribution is 5.82. The van der Waals surface area contributed by atoms with E-state index in [1.165, 1.54) is 11.3 Å². The minimum Gasteiger partial charge on any atom is -0.478 e. The number of unbranched alkanes of at least 4 members (excludes halogenated alkanes) is 2. The van der Waals surface area contributed by atoms with E-state index in [0.29, 0.717) is 37.4 Å². The van der Waals surface area contributed by atoms with E-state index in [1.807, 2.05) is 50.4 Å². The number of carbonyl (C=O) groups is 1. The van der Waals surface area contributed by atoms with Gasteiger partial charge in [-0.3, -0.25) is 0 Å². The first kappa shape index (κ1) is 41.3. The zero-order valence-corrected chi connectivity index (χ0v) is 35.5. The number of aryl methyl sites for hydroxylation is 1. The largest absolute Gasteiger partial charge is 0.478 e. The molecular weight excluding hydrogens is 737 g/mol. The normalized spacial score (nSPS) is 13.4. The Bertz CT molecular complexity index is 2320. The zero-order chi connectivity index (χ0) is 41.4. The van der Waals surface area contributed by atoms with Crippen molar-refractivity contribution in [2.24, 2.45) is 0 Å². The number of amides is 1. The van der Waals surface area contributed by atoms with Crippen LogP contribution in [0.15, 0.2) is 97.5 Å². The molecule has 308 valence electrons.